The number of carbonyl (C=O) groups excluding carboxylic acids is 8. The van der Waals surface area contributed by atoms with E-state index in [9.17, 15) is 38.4 Å². The average molecular weight is 678 g/mol. The first-order valence-electron chi connectivity index (χ1n) is 14.3. The third-order valence-electron chi connectivity index (χ3n) is 6.29. The van der Waals surface area contributed by atoms with Crippen LogP contribution in [0.15, 0.2) is 0 Å². The summed E-state index contributed by atoms with van der Waals surface area (Å²) in [7, 11) is 0. The molecule has 0 aromatic rings. The van der Waals surface area contributed by atoms with Crippen molar-refractivity contribution in [2.45, 2.75) is 117 Å². The van der Waals surface area contributed by atoms with E-state index in [-0.39, 0.29) is 0 Å². The number of amides is 1. The minimum absolute atomic E-state index is 0.577. The first-order chi connectivity index (χ1) is 21.9. The van der Waals surface area contributed by atoms with Crippen molar-refractivity contribution in [3.05, 3.63) is 0 Å². The number of ether oxygens (including phenoxy) is 10. The van der Waals surface area contributed by atoms with Gasteiger partial charge in [0.2, 0.25) is 12.2 Å². The molecule has 2 fully saturated rings. The van der Waals surface area contributed by atoms with Crippen molar-refractivity contribution in [2.75, 3.05) is 13.2 Å². The van der Waals surface area contributed by atoms with Gasteiger partial charge in [-0.3, -0.25) is 38.4 Å². The highest BCUT2D eigenvalue weighted by Gasteiger charge is 2.57. The van der Waals surface area contributed by atoms with Crippen LogP contribution in [0.1, 0.15) is 55.4 Å². The molecular weight excluding hydrogens is 638 g/mol. The molecule has 19 heteroatoms. The molecule has 1 amide bonds. The Morgan fingerprint density at radius 2 is 0.872 bits per heavy atom. The molecule has 2 rings (SSSR count). The third-order valence-corrected chi connectivity index (χ3v) is 6.29. The van der Waals surface area contributed by atoms with Gasteiger partial charge in [-0.05, 0) is 0 Å². The molecule has 0 aliphatic carbocycles. The van der Waals surface area contributed by atoms with Gasteiger partial charge >= 0.3 is 41.8 Å². The molecule has 2 aliphatic rings. The summed E-state index contributed by atoms with van der Waals surface area (Å²) in [5.41, 5.74) is 0. The fourth-order valence-electron chi connectivity index (χ4n) is 4.84. The SMILES string of the molecule is CC(=O)N[C@@H]1[C@H](OC(C)=O)O[C@@H](COC(C)=O)[C@@H](O[C@H]2O[C@@H](COC(C)=O)[C@H](OC(C)=O)[C@@H](OC(C)=O)[C@H]2OC(C)=O)[C@H]1OC(C)=O. The van der Waals surface area contributed by atoms with Gasteiger partial charge in [-0.1, -0.05) is 0 Å². The van der Waals surface area contributed by atoms with Crippen LogP contribution in [0, 0.1) is 0 Å². The lowest BCUT2D eigenvalue weighted by molar-refractivity contribution is -0.348. The fraction of sp³-hybridized carbons (Fsp3) is 0.714. The van der Waals surface area contributed by atoms with E-state index < -0.39 is 122 Å². The first-order valence-corrected chi connectivity index (χ1v) is 14.3. The van der Waals surface area contributed by atoms with Crippen molar-refractivity contribution in [3.8, 4) is 0 Å². The average Bonchev–Trinajstić information content (AvgIpc) is 2.91. The smallest absolute Gasteiger partial charge is 0.305 e. The molecule has 10 atom stereocenters. The lowest BCUT2D eigenvalue weighted by Crippen LogP contribution is -2.69. The monoisotopic (exact) mass is 677 g/mol. The summed E-state index contributed by atoms with van der Waals surface area (Å²) >= 11 is 0. The van der Waals surface area contributed by atoms with E-state index in [4.69, 9.17) is 47.4 Å². The van der Waals surface area contributed by atoms with E-state index in [1.54, 1.807) is 0 Å². The van der Waals surface area contributed by atoms with Crippen LogP contribution in [-0.2, 0) is 85.7 Å². The second-order valence-corrected chi connectivity index (χ2v) is 10.4. The fourth-order valence-corrected chi connectivity index (χ4v) is 4.84. The highest BCUT2D eigenvalue weighted by atomic mass is 16.8. The standard InChI is InChI=1S/C28H39NO18/c1-11(30)29-21-24(41-15(5)34)22(19(9-38-12(2)31)45-27(21)44-18(8)37)47-28-26(43-17(7)36)25(42-16(6)35)23(40-14(4)33)20(46-28)10-39-13(3)32/h19-28H,9-10H2,1-8H3,(H,29,30)/t19-,20-,21-,22+,23-,24-,25+,26+,27+,28+/m0/s1. The van der Waals surface area contributed by atoms with E-state index in [0.717, 1.165) is 55.4 Å². The maximum absolute atomic E-state index is 12.3. The number of carbonyl (C=O) groups is 8. The van der Waals surface area contributed by atoms with Crippen molar-refractivity contribution in [3.63, 3.8) is 0 Å². The zero-order valence-electron chi connectivity index (χ0n) is 27.0. The summed E-state index contributed by atoms with van der Waals surface area (Å²) < 4.78 is 55.2. The summed E-state index contributed by atoms with van der Waals surface area (Å²) in [6.07, 6.45) is -14.2. The summed E-state index contributed by atoms with van der Waals surface area (Å²) in [5, 5.41) is 2.48. The van der Waals surface area contributed by atoms with Crippen LogP contribution in [0.3, 0.4) is 0 Å². The molecule has 0 spiro atoms. The number of hydrogen-bond donors (Lipinski definition) is 1. The van der Waals surface area contributed by atoms with Crippen LogP contribution in [0.25, 0.3) is 0 Å². The van der Waals surface area contributed by atoms with E-state index in [2.05, 4.69) is 5.32 Å². The minimum Gasteiger partial charge on any atom is -0.463 e. The highest BCUT2D eigenvalue weighted by Crippen LogP contribution is 2.34. The summed E-state index contributed by atoms with van der Waals surface area (Å²) in [5.74, 6) is -6.64. The van der Waals surface area contributed by atoms with Gasteiger partial charge < -0.3 is 52.7 Å². The van der Waals surface area contributed by atoms with Gasteiger partial charge in [-0.2, -0.15) is 0 Å². The molecule has 47 heavy (non-hydrogen) atoms. The third kappa shape index (κ3) is 12.1. The van der Waals surface area contributed by atoms with Gasteiger partial charge in [0.15, 0.2) is 30.7 Å². The Bertz CT molecular complexity index is 1200. The number of nitrogens with one attached hydrogen (secondary N) is 1. The zero-order chi connectivity index (χ0) is 35.6. The predicted octanol–water partition coefficient (Wildman–Crippen LogP) is -1.26. The van der Waals surface area contributed by atoms with Crippen LogP contribution in [0.5, 0.6) is 0 Å². The van der Waals surface area contributed by atoms with Gasteiger partial charge in [-0.15, -0.1) is 0 Å². The molecule has 2 heterocycles. The van der Waals surface area contributed by atoms with Crippen molar-refractivity contribution < 1.29 is 85.7 Å². The minimum atomic E-state index is -1.80. The molecule has 0 bridgehead atoms. The van der Waals surface area contributed by atoms with Gasteiger partial charge in [0.1, 0.15) is 37.6 Å². The topological polar surface area (TPSA) is 241 Å². The summed E-state index contributed by atoms with van der Waals surface area (Å²) in [6, 6.07) is -1.43. The second-order valence-electron chi connectivity index (χ2n) is 10.4. The van der Waals surface area contributed by atoms with Gasteiger partial charge in [0.25, 0.3) is 0 Å². The lowest BCUT2D eigenvalue weighted by atomic mass is 9.94. The maximum atomic E-state index is 12.3. The van der Waals surface area contributed by atoms with Crippen LogP contribution < -0.4 is 5.32 Å². The lowest BCUT2D eigenvalue weighted by Gasteiger charge is -2.48. The van der Waals surface area contributed by atoms with Crippen LogP contribution >= 0.6 is 0 Å². The maximum Gasteiger partial charge on any atom is 0.305 e. The van der Waals surface area contributed by atoms with Crippen LogP contribution in [0.4, 0.5) is 0 Å². The number of rotatable bonds is 12. The van der Waals surface area contributed by atoms with Crippen molar-refractivity contribution in [1.29, 1.82) is 0 Å². The highest BCUT2D eigenvalue weighted by molar-refractivity contribution is 5.74. The largest absolute Gasteiger partial charge is 0.463 e. The van der Waals surface area contributed by atoms with Crippen molar-refractivity contribution in [2.24, 2.45) is 0 Å². The van der Waals surface area contributed by atoms with Crippen molar-refractivity contribution >= 4 is 47.7 Å². The van der Waals surface area contributed by atoms with E-state index in [0.29, 0.717) is 0 Å². The zero-order valence-corrected chi connectivity index (χ0v) is 27.0. The molecule has 264 valence electrons. The molecular formula is C28H39NO18. The summed E-state index contributed by atoms with van der Waals surface area (Å²) in [6.45, 7) is 7.30. The van der Waals surface area contributed by atoms with Gasteiger partial charge in [0.05, 0.1) is 0 Å². The molecule has 2 saturated heterocycles. The Labute approximate surface area is 269 Å². The van der Waals surface area contributed by atoms with E-state index >= 15 is 0 Å². The Kier molecular flexibility index (Phi) is 14.5. The first kappa shape index (κ1) is 38.8. The van der Waals surface area contributed by atoms with Gasteiger partial charge in [0, 0.05) is 55.4 Å². The van der Waals surface area contributed by atoms with E-state index in [1.807, 2.05) is 0 Å². The number of hydrogen-bond acceptors (Lipinski definition) is 18. The Morgan fingerprint density at radius 1 is 0.468 bits per heavy atom. The molecule has 0 aromatic heterocycles. The molecule has 1 N–H and O–H groups in total. The second kappa shape index (κ2) is 17.5. The molecule has 19 nitrogen and oxygen atoms in total. The Balaban J connectivity index is 2.73. The molecule has 2 aliphatic heterocycles. The predicted molar refractivity (Wildman–Crippen MR) is 147 cm³/mol. The molecule has 0 unspecified atom stereocenters. The summed E-state index contributed by atoms with van der Waals surface area (Å²) in [4.78, 5) is 96.5. The Morgan fingerprint density at radius 3 is 1.32 bits per heavy atom. The normalized spacial score (nSPS) is 30.0. The quantitative estimate of drug-likeness (QED) is 0.187. The molecule has 0 aromatic carbocycles. The van der Waals surface area contributed by atoms with Crippen molar-refractivity contribution in [1.82, 2.24) is 5.32 Å². The van der Waals surface area contributed by atoms with E-state index in [1.165, 1.54) is 0 Å². The van der Waals surface area contributed by atoms with Crippen LogP contribution in [-0.4, -0.2) is 122 Å². The molecule has 0 saturated carbocycles. The Hall–Kier alpha value is -4.36. The molecule has 0 radical (unpaired) electrons. The van der Waals surface area contributed by atoms with Crippen LogP contribution in [0.2, 0.25) is 0 Å². The number of esters is 7. The van der Waals surface area contributed by atoms with Gasteiger partial charge in [-0.25, -0.2) is 0 Å².